The minimum absolute atomic E-state index is 0.114. The number of aromatic nitrogens is 2. The highest BCUT2D eigenvalue weighted by Crippen LogP contribution is 2.42. The number of hydrogen-bond acceptors (Lipinski definition) is 4. The number of halogens is 1. The van der Waals surface area contributed by atoms with Crippen LogP contribution in [0.25, 0.3) is 0 Å². The fraction of sp³-hybridized carbons (Fsp3) is 0.485. The Hall–Kier alpha value is -3.72. The number of imidazole rings is 1. The minimum atomic E-state index is -0.355. The molecule has 42 heavy (non-hydrogen) atoms. The zero-order chi connectivity index (χ0) is 29.4. The van der Waals surface area contributed by atoms with Gasteiger partial charge in [-0.3, -0.25) is 14.6 Å². The lowest BCUT2D eigenvalue weighted by Gasteiger charge is -2.41. The van der Waals surface area contributed by atoms with Gasteiger partial charge in [-0.1, -0.05) is 23.8 Å². The Kier molecular flexibility index (Phi) is 8.03. The number of carbonyl (C=O) groups is 2. The first kappa shape index (κ1) is 28.4. The van der Waals surface area contributed by atoms with Crippen LogP contribution in [-0.2, 0) is 17.8 Å². The summed E-state index contributed by atoms with van der Waals surface area (Å²) in [6.45, 7) is 8.53. The molecule has 0 saturated carbocycles. The SMILES string of the molecule is CC(=O)N1CCc2c(nc(C)n2C2C[C@H]3CC[C@@H](C2)N3CCCN(C(=O)Nc2ccc(C)cc2)c2cccc(F)c2)C1. The summed E-state index contributed by atoms with van der Waals surface area (Å²) in [5.74, 6) is 0.822. The average molecular weight is 573 g/mol. The van der Waals surface area contributed by atoms with Crippen LogP contribution in [0.1, 0.15) is 67.8 Å². The van der Waals surface area contributed by atoms with Crippen LogP contribution in [0.4, 0.5) is 20.6 Å². The third-order valence-electron chi connectivity index (χ3n) is 9.36. The van der Waals surface area contributed by atoms with Crippen LogP contribution in [0, 0.1) is 19.7 Å². The molecule has 2 aromatic carbocycles. The highest BCUT2D eigenvalue weighted by atomic mass is 19.1. The van der Waals surface area contributed by atoms with Gasteiger partial charge in [0.05, 0.1) is 12.2 Å². The van der Waals surface area contributed by atoms with Crippen LogP contribution in [0.2, 0.25) is 0 Å². The van der Waals surface area contributed by atoms with Crippen LogP contribution in [0.15, 0.2) is 48.5 Å². The van der Waals surface area contributed by atoms with E-state index < -0.39 is 0 Å². The van der Waals surface area contributed by atoms with E-state index in [-0.39, 0.29) is 17.8 Å². The van der Waals surface area contributed by atoms with E-state index in [0.29, 0.717) is 36.9 Å². The maximum Gasteiger partial charge on any atom is 0.326 e. The molecule has 3 aromatic rings. The van der Waals surface area contributed by atoms with Crippen LogP contribution in [0.5, 0.6) is 0 Å². The molecule has 3 atom stereocenters. The van der Waals surface area contributed by atoms with E-state index >= 15 is 0 Å². The molecule has 2 saturated heterocycles. The molecule has 3 amide bonds. The number of fused-ring (bicyclic) bond motifs is 3. The Bertz CT molecular complexity index is 1440. The van der Waals surface area contributed by atoms with Crippen LogP contribution >= 0.6 is 0 Å². The molecule has 1 N–H and O–H groups in total. The second-order valence-corrected chi connectivity index (χ2v) is 12.1. The van der Waals surface area contributed by atoms with E-state index in [1.54, 1.807) is 24.0 Å². The highest BCUT2D eigenvalue weighted by Gasteiger charge is 2.42. The predicted molar refractivity (Wildman–Crippen MR) is 162 cm³/mol. The third kappa shape index (κ3) is 5.79. The normalized spacial score (nSPS) is 21.7. The first-order valence-electron chi connectivity index (χ1n) is 15.3. The van der Waals surface area contributed by atoms with Gasteiger partial charge in [0.1, 0.15) is 11.6 Å². The maximum atomic E-state index is 14.1. The number of amides is 3. The molecule has 4 heterocycles. The topological polar surface area (TPSA) is 73.7 Å². The predicted octanol–water partition coefficient (Wildman–Crippen LogP) is 5.84. The minimum Gasteiger partial charge on any atom is -0.337 e. The number of hydrogen-bond donors (Lipinski definition) is 1. The van der Waals surface area contributed by atoms with Crippen molar-refractivity contribution in [1.29, 1.82) is 0 Å². The van der Waals surface area contributed by atoms with Crippen molar-refractivity contribution in [3.8, 4) is 0 Å². The molecule has 0 spiro atoms. The van der Waals surface area contributed by atoms with Crippen molar-refractivity contribution in [2.75, 3.05) is 29.9 Å². The molecule has 3 aliphatic heterocycles. The Morgan fingerprint density at radius 2 is 1.79 bits per heavy atom. The number of aryl methyl sites for hydroxylation is 2. The van der Waals surface area contributed by atoms with Gasteiger partial charge in [0, 0.05) is 68.2 Å². The summed E-state index contributed by atoms with van der Waals surface area (Å²) in [6, 6.07) is 15.2. The van der Waals surface area contributed by atoms with Crippen molar-refractivity contribution < 1.29 is 14.0 Å². The first-order valence-corrected chi connectivity index (χ1v) is 15.3. The summed E-state index contributed by atoms with van der Waals surface area (Å²) in [5.41, 5.74) is 4.78. The van der Waals surface area contributed by atoms with Crippen molar-refractivity contribution in [2.24, 2.45) is 0 Å². The molecule has 6 rings (SSSR count). The molecular weight excluding hydrogens is 531 g/mol. The lowest BCUT2D eigenvalue weighted by atomic mass is 9.95. The number of carbonyl (C=O) groups excluding carboxylic acids is 2. The van der Waals surface area contributed by atoms with E-state index in [1.807, 2.05) is 36.1 Å². The zero-order valence-corrected chi connectivity index (χ0v) is 24.9. The summed E-state index contributed by atoms with van der Waals surface area (Å²) >= 11 is 0. The number of anilines is 2. The second kappa shape index (κ2) is 11.9. The van der Waals surface area contributed by atoms with Crippen LogP contribution in [0.3, 0.4) is 0 Å². The quantitative estimate of drug-likeness (QED) is 0.386. The largest absolute Gasteiger partial charge is 0.337 e. The Morgan fingerprint density at radius 1 is 1.05 bits per heavy atom. The van der Waals surface area contributed by atoms with Crippen molar-refractivity contribution in [2.45, 2.75) is 84.0 Å². The summed E-state index contributed by atoms with van der Waals surface area (Å²) in [7, 11) is 0. The van der Waals surface area contributed by atoms with Crippen LogP contribution in [-0.4, -0.2) is 63.0 Å². The highest BCUT2D eigenvalue weighted by molar-refractivity contribution is 6.01. The van der Waals surface area contributed by atoms with Crippen molar-refractivity contribution in [3.63, 3.8) is 0 Å². The lowest BCUT2D eigenvalue weighted by Crippen LogP contribution is -2.45. The molecule has 8 nitrogen and oxygen atoms in total. The van der Waals surface area contributed by atoms with Crippen LogP contribution < -0.4 is 10.2 Å². The third-order valence-corrected chi connectivity index (χ3v) is 9.36. The molecule has 2 fully saturated rings. The molecule has 0 aliphatic carbocycles. The first-order chi connectivity index (χ1) is 20.3. The number of benzene rings is 2. The van der Waals surface area contributed by atoms with Gasteiger partial charge in [-0.25, -0.2) is 14.2 Å². The van der Waals surface area contributed by atoms with Gasteiger partial charge in [0.15, 0.2) is 0 Å². The average Bonchev–Trinajstić information content (AvgIpc) is 3.41. The van der Waals surface area contributed by atoms with E-state index in [2.05, 4.69) is 21.7 Å². The van der Waals surface area contributed by atoms with Gasteiger partial charge in [0.2, 0.25) is 5.91 Å². The van der Waals surface area contributed by atoms with Gasteiger partial charge in [-0.15, -0.1) is 0 Å². The fourth-order valence-electron chi connectivity index (χ4n) is 7.35. The maximum absolute atomic E-state index is 14.1. The summed E-state index contributed by atoms with van der Waals surface area (Å²) in [5, 5.41) is 2.99. The van der Waals surface area contributed by atoms with E-state index in [0.717, 1.165) is 61.5 Å². The van der Waals surface area contributed by atoms with Gasteiger partial charge >= 0.3 is 6.03 Å². The van der Waals surface area contributed by atoms with Crippen molar-refractivity contribution in [3.05, 3.63) is 77.1 Å². The number of urea groups is 1. The molecule has 9 heteroatoms. The van der Waals surface area contributed by atoms with E-state index in [9.17, 15) is 14.0 Å². The van der Waals surface area contributed by atoms with Gasteiger partial charge in [0.25, 0.3) is 0 Å². The number of rotatable bonds is 7. The van der Waals surface area contributed by atoms with Crippen molar-refractivity contribution >= 4 is 23.3 Å². The number of piperidine rings is 1. The zero-order valence-electron chi connectivity index (χ0n) is 24.9. The summed E-state index contributed by atoms with van der Waals surface area (Å²) < 4.78 is 16.6. The lowest BCUT2D eigenvalue weighted by molar-refractivity contribution is -0.129. The van der Waals surface area contributed by atoms with Gasteiger partial charge < -0.3 is 14.8 Å². The van der Waals surface area contributed by atoms with E-state index in [1.165, 1.54) is 30.7 Å². The Morgan fingerprint density at radius 3 is 2.48 bits per heavy atom. The van der Waals surface area contributed by atoms with Gasteiger partial charge in [-0.2, -0.15) is 0 Å². The fourth-order valence-corrected chi connectivity index (χ4v) is 7.35. The molecule has 0 radical (unpaired) electrons. The summed E-state index contributed by atoms with van der Waals surface area (Å²) in [6.07, 6.45) is 6.24. The standard InChI is InChI=1S/C33H41FN6O2/c1-22-8-10-26(11-9-22)36-33(42)39(27-7-4-6-25(34)18-27)16-5-15-38-28-12-13-29(38)20-30(19-28)40-23(2)35-31-21-37(24(3)41)17-14-32(31)40/h4,6-11,18,28-30H,5,12-17,19-21H2,1-3H3,(H,36,42)/t28-,29+,30?. The number of nitrogens with one attached hydrogen (secondary N) is 1. The van der Waals surface area contributed by atoms with E-state index in [4.69, 9.17) is 4.98 Å². The molecular formula is C33H41FN6O2. The Balaban J connectivity index is 1.11. The number of nitrogens with zero attached hydrogens (tertiary/aromatic N) is 5. The second-order valence-electron chi connectivity index (χ2n) is 12.1. The van der Waals surface area contributed by atoms with Crippen molar-refractivity contribution in [1.82, 2.24) is 19.4 Å². The molecule has 222 valence electrons. The smallest absolute Gasteiger partial charge is 0.326 e. The molecule has 2 bridgehead atoms. The molecule has 1 unspecified atom stereocenters. The van der Waals surface area contributed by atoms with Gasteiger partial charge in [-0.05, 0) is 76.3 Å². The molecule has 1 aromatic heterocycles. The monoisotopic (exact) mass is 572 g/mol. The molecule has 3 aliphatic rings. The Labute approximate surface area is 247 Å². The summed E-state index contributed by atoms with van der Waals surface area (Å²) in [4.78, 5) is 36.4.